The summed E-state index contributed by atoms with van der Waals surface area (Å²) in [6, 6.07) is 1.81. The summed E-state index contributed by atoms with van der Waals surface area (Å²) in [6.07, 6.45) is 2.06. The number of rotatable bonds is 2. The summed E-state index contributed by atoms with van der Waals surface area (Å²) < 4.78 is 27.9. The fourth-order valence-corrected chi connectivity index (χ4v) is 6.60. The van der Waals surface area contributed by atoms with E-state index in [4.69, 9.17) is 0 Å². The van der Waals surface area contributed by atoms with Gasteiger partial charge in [-0.25, -0.2) is 8.42 Å². The van der Waals surface area contributed by atoms with E-state index < -0.39 is 10.0 Å². The van der Waals surface area contributed by atoms with Crippen molar-refractivity contribution in [1.29, 1.82) is 0 Å². The molecule has 1 fully saturated rings. The van der Waals surface area contributed by atoms with Crippen LogP contribution in [0, 0.1) is 12.8 Å². The van der Waals surface area contributed by atoms with Gasteiger partial charge in [0.15, 0.2) is 0 Å². The molecule has 3 nitrogen and oxygen atoms in total. The second-order valence-electron chi connectivity index (χ2n) is 4.95. The molecule has 1 aliphatic rings. The van der Waals surface area contributed by atoms with Crippen molar-refractivity contribution in [3.05, 3.63) is 14.7 Å². The SMILES string of the molecule is Cc1sc(Br)cc1S(=O)(=O)N1CCCC(C)C1C. The van der Waals surface area contributed by atoms with Gasteiger partial charge in [-0.05, 0) is 54.6 Å². The average molecular weight is 352 g/mol. The standard InChI is InChI=1S/C12H18BrNO2S2/c1-8-5-4-6-14(9(8)2)18(15,16)11-7-12(13)17-10(11)3/h7-9H,4-6H2,1-3H3. The first kappa shape index (κ1) is 14.5. The van der Waals surface area contributed by atoms with Crippen LogP contribution in [0.15, 0.2) is 14.7 Å². The highest BCUT2D eigenvalue weighted by molar-refractivity contribution is 9.11. The fraction of sp³-hybridized carbons (Fsp3) is 0.667. The second-order valence-corrected chi connectivity index (χ2v) is 9.44. The zero-order valence-corrected chi connectivity index (χ0v) is 14.0. The van der Waals surface area contributed by atoms with E-state index in [1.807, 2.05) is 13.8 Å². The summed E-state index contributed by atoms with van der Waals surface area (Å²) >= 11 is 4.83. The Bertz CT molecular complexity index is 538. The molecule has 2 heterocycles. The van der Waals surface area contributed by atoms with Gasteiger partial charge in [-0.2, -0.15) is 4.31 Å². The molecule has 18 heavy (non-hydrogen) atoms. The van der Waals surface area contributed by atoms with Crippen LogP contribution >= 0.6 is 27.3 Å². The third-order valence-corrected chi connectivity index (χ3v) is 7.54. The van der Waals surface area contributed by atoms with Gasteiger partial charge in [0.1, 0.15) is 0 Å². The van der Waals surface area contributed by atoms with E-state index in [2.05, 4.69) is 22.9 Å². The van der Waals surface area contributed by atoms with Crippen molar-refractivity contribution < 1.29 is 8.42 Å². The van der Waals surface area contributed by atoms with Crippen LogP contribution in [-0.4, -0.2) is 25.3 Å². The molecule has 1 aromatic rings. The smallest absolute Gasteiger partial charge is 0.207 e. The summed E-state index contributed by atoms with van der Waals surface area (Å²) in [5, 5.41) is 0. The summed E-state index contributed by atoms with van der Waals surface area (Å²) in [6.45, 7) is 6.64. The van der Waals surface area contributed by atoms with Crippen molar-refractivity contribution in [2.75, 3.05) is 6.54 Å². The van der Waals surface area contributed by atoms with Crippen LogP contribution in [0.3, 0.4) is 0 Å². The molecule has 1 aliphatic heterocycles. The summed E-state index contributed by atoms with van der Waals surface area (Å²) in [4.78, 5) is 1.31. The maximum absolute atomic E-state index is 12.7. The Morgan fingerprint density at radius 2 is 2.11 bits per heavy atom. The Hall–Kier alpha value is 0.0900. The van der Waals surface area contributed by atoms with E-state index in [0.717, 1.165) is 21.5 Å². The van der Waals surface area contributed by atoms with Gasteiger partial charge in [0.25, 0.3) is 0 Å². The van der Waals surface area contributed by atoms with Crippen LogP contribution in [0.1, 0.15) is 31.6 Å². The maximum Gasteiger partial charge on any atom is 0.244 e. The molecule has 2 rings (SSSR count). The first-order valence-electron chi connectivity index (χ1n) is 6.12. The predicted molar refractivity (Wildman–Crippen MR) is 78.5 cm³/mol. The van der Waals surface area contributed by atoms with Gasteiger partial charge < -0.3 is 0 Å². The number of nitrogens with zero attached hydrogens (tertiary/aromatic N) is 1. The first-order valence-corrected chi connectivity index (χ1v) is 9.16. The highest BCUT2D eigenvalue weighted by Crippen LogP contribution is 2.34. The van der Waals surface area contributed by atoms with Crippen molar-refractivity contribution in [2.45, 2.75) is 44.6 Å². The zero-order chi connectivity index (χ0) is 13.5. The van der Waals surface area contributed by atoms with Gasteiger partial charge in [0.2, 0.25) is 10.0 Å². The lowest BCUT2D eigenvalue weighted by Gasteiger charge is -2.36. The number of thiophene rings is 1. The predicted octanol–water partition coefficient (Wildman–Crippen LogP) is 3.63. The van der Waals surface area contributed by atoms with Crippen LogP contribution in [0.5, 0.6) is 0 Å². The van der Waals surface area contributed by atoms with Gasteiger partial charge >= 0.3 is 0 Å². The molecule has 2 atom stereocenters. The highest BCUT2D eigenvalue weighted by atomic mass is 79.9. The summed E-state index contributed by atoms with van der Waals surface area (Å²) in [7, 11) is -3.34. The first-order chi connectivity index (χ1) is 8.34. The minimum atomic E-state index is -3.34. The quantitative estimate of drug-likeness (QED) is 0.815. The second kappa shape index (κ2) is 5.23. The number of hydrogen-bond donors (Lipinski definition) is 0. The average Bonchev–Trinajstić information content (AvgIpc) is 2.62. The maximum atomic E-state index is 12.7. The van der Waals surface area contributed by atoms with E-state index in [0.29, 0.717) is 17.4 Å². The number of halogens is 1. The van der Waals surface area contributed by atoms with E-state index in [-0.39, 0.29) is 6.04 Å². The lowest BCUT2D eigenvalue weighted by molar-refractivity contribution is 0.202. The molecule has 0 saturated carbocycles. The van der Waals surface area contributed by atoms with Gasteiger partial charge in [-0.3, -0.25) is 0 Å². The largest absolute Gasteiger partial charge is 0.244 e. The van der Waals surface area contributed by atoms with Gasteiger partial charge in [-0.15, -0.1) is 11.3 Å². The lowest BCUT2D eigenvalue weighted by Crippen LogP contribution is -2.45. The lowest BCUT2D eigenvalue weighted by atomic mass is 9.94. The molecule has 0 amide bonds. The highest BCUT2D eigenvalue weighted by Gasteiger charge is 2.35. The van der Waals surface area contributed by atoms with E-state index >= 15 is 0 Å². The number of sulfonamides is 1. The Morgan fingerprint density at radius 1 is 1.44 bits per heavy atom. The van der Waals surface area contributed by atoms with Gasteiger partial charge in [0, 0.05) is 17.5 Å². The van der Waals surface area contributed by atoms with E-state index in [1.165, 1.54) is 11.3 Å². The fourth-order valence-electron chi connectivity index (χ4n) is 2.45. The van der Waals surface area contributed by atoms with Crippen molar-refractivity contribution in [3.63, 3.8) is 0 Å². The van der Waals surface area contributed by atoms with Crippen LogP contribution in [-0.2, 0) is 10.0 Å². The molecule has 0 N–H and O–H groups in total. The molecule has 1 aromatic heterocycles. The molecule has 0 spiro atoms. The molecule has 0 radical (unpaired) electrons. The van der Waals surface area contributed by atoms with Crippen LogP contribution in [0.2, 0.25) is 0 Å². The van der Waals surface area contributed by atoms with Crippen molar-refractivity contribution in [2.24, 2.45) is 5.92 Å². The Kier molecular flexibility index (Phi) is 4.21. The third-order valence-electron chi connectivity index (χ3n) is 3.74. The van der Waals surface area contributed by atoms with Crippen molar-refractivity contribution in [3.8, 4) is 0 Å². The summed E-state index contributed by atoms with van der Waals surface area (Å²) in [5.74, 6) is 0.427. The van der Waals surface area contributed by atoms with Crippen LogP contribution in [0.25, 0.3) is 0 Å². The van der Waals surface area contributed by atoms with E-state index in [9.17, 15) is 8.42 Å². The van der Waals surface area contributed by atoms with Gasteiger partial charge in [-0.1, -0.05) is 6.92 Å². The molecular weight excluding hydrogens is 334 g/mol. The number of hydrogen-bond acceptors (Lipinski definition) is 3. The Labute approximate surface area is 121 Å². The topological polar surface area (TPSA) is 37.4 Å². The van der Waals surface area contributed by atoms with Crippen molar-refractivity contribution >= 4 is 37.3 Å². The minimum Gasteiger partial charge on any atom is -0.207 e. The molecule has 1 saturated heterocycles. The van der Waals surface area contributed by atoms with Gasteiger partial charge in [0.05, 0.1) is 8.68 Å². The molecule has 0 bridgehead atoms. The zero-order valence-electron chi connectivity index (χ0n) is 10.8. The Morgan fingerprint density at radius 3 is 2.67 bits per heavy atom. The number of piperidine rings is 1. The third kappa shape index (κ3) is 2.53. The molecule has 2 unspecified atom stereocenters. The molecule has 102 valence electrons. The number of aryl methyl sites for hydroxylation is 1. The molecule has 6 heteroatoms. The van der Waals surface area contributed by atoms with Crippen molar-refractivity contribution in [1.82, 2.24) is 4.31 Å². The van der Waals surface area contributed by atoms with E-state index in [1.54, 1.807) is 10.4 Å². The molecule has 0 aliphatic carbocycles. The monoisotopic (exact) mass is 351 g/mol. The Balaban J connectivity index is 2.39. The van der Waals surface area contributed by atoms with Crippen LogP contribution < -0.4 is 0 Å². The minimum absolute atomic E-state index is 0.0850. The normalized spacial score (nSPS) is 26.4. The molecule has 0 aromatic carbocycles. The molecular formula is C12H18BrNO2S2. The summed E-state index contributed by atoms with van der Waals surface area (Å²) in [5.41, 5.74) is 0. The van der Waals surface area contributed by atoms with Crippen LogP contribution in [0.4, 0.5) is 0 Å².